The summed E-state index contributed by atoms with van der Waals surface area (Å²) >= 11 is 0. The molecule has 1 aliphatic rings. The molecule has 2 amide bonds. The van der Waals surface area contributed by atoms with Gasteiger partial charge in [-0.2, -0.15) is 0 Å². The van der Waals surface area contributed by atoms with E-state index in [2.05, 4.69) is 5.32 Å². The van der Waals surface area contributed by atoms with Gasteiger partial charge in [0, 0.05) is 55.5 Å². The van der Waals surface area contributed by atoms with E-state index in [1.165, 1.54) is 42.6 Å². The van der Waals surface area contributed by atoms with Gasteiger partial charge in [0.05, 0.1) is 16.0 Å². The van der Waals surface area contributed by atoms with E-state index in [9.17, 15) is 18.0 Å². The van der Waals surface area contributed by atoms with Crippen molar-refractivity contribution in [2.75, 3.05) is 12.4 Å². The van der Waals surface area contributed by atoms with Crippen molar-refractivity contribution in [1.29, 1.82) is 0 Å². The number of nitrogens with one attached hydrogen (secondary N) is 2. The summed E-state index contributed by atoms with van der Waals surface area (Å²) in [6.07, 6.45) is -6.32. The first-order valence-corrected chi connectivity index (χ1v) is 13.8. The summed E-state index contributed by atoms with van der Waals surface area (Å²) in [6, 6.07) is 12.2. The van der Waals surface area contributed by atoms with E-state index in [4.69, 9.17) is 27.3 Å². The monoisotopic (exact) mass is 588 g/mol. The van der Waals surface area contributed by atoms with E-state index in [0.29, 0.717) is 0 Å². The Hall–Kier alpha value is -4.31. The summed E-state index contributed by atoms with van der Waals surface area (Å²) < 4.78 is 142. The third kappa shape index (κ3) is 6.22. The fourth-order valence-electron chi connectivity index (χ4n) is 4.41. The molecule has 0 spiro atoms. The minimum atomic E-state index is -4.74. The molecule has 4 aromatic rings. The molecule has 1 saturated carbocycles. The molecule has 0 saturated heterocycles. The molecule has 0 atom stereocenters. The molecule has 10 heteroatoms. The molecule has 1 aromatic heterocycles. The van der Waals surface area contributed by atoms with Gasteiger partial charge in [0.15, 0.2) is 0 Å². The van der Waals surface area contributed by atoms with Gasteiger partial charge in [-0.15, -0.1) is 0 Å². The van der Waals surface area contributed by atoms with Gasteiger partial charge in [0.1, 0.15) is 11.9 Å². The van der Waals surface area contributed by atoms with E-state index in [0.717, 1.165) is 28.8 Å². The Labute approximate surface area is 257 Å². The molecule has 2 N–H and O–H groups in total. The van der Waals surface area contributed by atoms with Gasteiger partial charge in [-0.05, 0) is 85.5 Å². The minimum absolute atomic E-state index is 0.0726. The summed E-state index contributed by atoms with van der Waals surface area (Å²) in [5.74, 6) is -1.63. The molecule has 0 aliphatic heterocycles. The highest BCUT2D eigenvalue weighted by atomic mass is 32.2. The number of methoxy groups -OCH3 is 1. The lowest BCUT2D eigenvalue weighted by Gasteiger charge is -2.13. The lowest BCUT2D eigenvalue weighted by molar-refractivity contribution is 0.0980. The number of aryl methyl sites for hydroxylation is 2. The number of aromatic nitrogens is 1. The maximum atomic E-state index is 13.2. The summed E-state index contributed by atoms with van der Waals surface area (Å²) in [4.78, 5) is 25.3. The third-order valence-corrected chi connectivity index (χ3v) is 7.76. The van der Waals surface area contributed by atoms with Crippen LogP contribution in [0.1, 0.15) is 70.5 Å². The number of sulfonamides is 1. The van der Waals surface area contributed by atoms with Crippen molar-refractivity contribution in [3.8, 4) is 5.75 Å². The molecule has 0 unspecified atom stereocenters. The van der Waals surface area contributed by atoms with Gasteiger partial charge in [0.2, 0.25) is 0 Å². The Morgan fingerprint density at radius 2 is 1.90 bits per heavy atom. The van der Waals surface area contributed by atoms with Crippen LogP contribution >= 0.6 is 0 Å². The summed E-state index contributed by atoms with van der Waals surface area (Å²) in [5, 5.41) is 2.67. The average molecular weight is 589 g/mol. The fraction of sp³-hybridized carbons (Fsp3) is 0.290. The van der Waals surface area contributed by atoms with Crippen molar-refractivity contribution >= 4 is 38.6 Å². The van der Waals surface area contributed by atoms with Gasteiger partial charge in [-0.3, -0.25) is 10.1 Å². The predicted octanol–water partition coefficient (Wildman–Crippen LogP) is 5.70. The van der Waals surface area contributed by atoms with Crippen LogP contribution in [-0.4, -0.2) is 38.1 Å². The number of hydrogen-bond acceptors (Lipinski definition) is 6. The van der Waals surface area contributed by atoms with Crippen LogP contribution in [0.15, 0.2) is 71.8 Å². The van der Waals surface area contributed by atoms with Crippen LogP contribution in [0.2, 0.25) is 0 Å². The van der Waals surface area contributed by atoms with Crippen molar-refractivity contribution < 1.29 is 45.3 Å². The number of rotatable bonds is 8. The Bertz CT molecular complexity index is 2200. The molecule has 9 nitrogen and oxygen atoms in total. The Morgan fingerprint density at radius 1 is 1.07 bits per heavy atom. The van der Waals surface area contributed by atoms with Crippen molar-refractivity contribution in [2.45, 2.75) is 49.9 Å². The molecule has 214 valence electrons. The van der Waals surface area contributed by atoms with E-state index < -0.39 is 77.9 Å². The van der Waals surface area contributed by atoms with Crippen LogP contribution in [0.25, 0.3) is 10.9 Å². The molecule has 1 heterocycles. The van der Waals surface area contributed by atoms with E-state index >= 15 is 0 Å². The maximum Gasteiger partial charge on any atom is 0.411 e. The largest absolute Gasteiger partial charge is 0.496 e. The molecule has 3 aromatic carbocycles. The standard InChI is InChI=1S/C31H33N3O6S/c1-20-8-4-7-11-29(20)41(37,38)33-30(35)22-13-12-21(28(17-22)39-3)16-23-19-34(2)27-15-14-24(18-26(23)27)32-31(36)40-25-9-5-6-10-25/h4,7-8,11-15,17-19,25H,5-6,9-10,16H2,1-3H3,(H,32,36)(H,33,35)/i1D3,2D3,3D3,9D2,10D2. The smallest absolute Gasteiger partial charge is 0.411 e. The summed E-state index contributed by atoms with van der Waals surface area (Å²) in [6.45, 7) is -5.53. The predicted molar refractivity (Wildman–Crippen MR) is 157 cm³/mol. The number of fused-ring (bicyclic) bond motifs is 1. The third-order valence-electron chi connectivity index (χ3n) is 6.37. The molecule has 5 rings (SSSR count). The average Bonchev–Trinajstić information content (AvgIpc) is 3.49. The second kappa shape index (κ2) is 11.7. The van der Waals surface area contributed by atoms with Crippen molar-refractivity contribution in [3.05, 3.63) is 89.1 Å². The number of amides is 2. The van der Waals surface area contributed by atoms with Crippen LogP contribution in [0, 0.1) is 6.85 Å². The van der Waals surface area contributed by atoms with Crippen molar-refractivity contribution in [2.24, 2.45) is 6.98 Å². The second-order valence-electron chi connectivity index (χ2n) is 9.11. The summed E-state index contributed by atoms with van der Waals surface area (Å²) in [7, 11) is -7.80. The maximum absolute atomic E-state index is 13.2. The summed E-state index contributed by atoms with van der Waals surface area (Å²) in [5.41, 5.74) is -0.270. The van der Waals surface area contributed by atoms with E-state index in [-0.39, 0.29) is 52.5 Å². The SMILES string of the molecule is [2H]C([2H])([2H])Oc1cc(C(=O)NS(=O)(=O)c2ccccc2C([2H])([2H])[2H])ccc1Cc1cn(C([2H])([2H])[2H])c2ccc(NC(=O)OC3C([2H])([2H])CCC3([2H])[2H])cc12. The number of ether oxygens (including phenoxy) is 2. The van der Waals surface area contributed by atoms with Gasteiger partial charge < -0.3 is 14.0 Å². The Kier molecular flexibility index (Phi) is 4.61. The van der Waals surface area contributed by atoms with Crippen LogP contribution < -0.4 is 14.8 Å². The quantitative estimate of drug-likeness (QED) is 0.273. The molecule has 0 radical (unpaired) electrons. The molecule has 0 bridgehead atoms. The molecule has 1 fully saturated rings. The van der Waals surface area contributed by atoms with Crippen molar-refractivity contribution in [1.82, 2.24) is 9.29 Å². The molecular formula is C31H33N3O6S. The lowest BCUT2D eigenvalue weighted by Crippen LogP contribution is -2.31. The lowest BCUT2D eigenvalue weighted by atomic mass is 10.0. The minimum Gasteiger partial charge on any atom is -0.496 e. The Balaban J connectivity index is 1.48. The number of anilines is 1. The highest BCUT2D eigenvalue weighted by Gasteiger charge is 2.22. The number of carbonyl (C=O) groups is 2. The number of benzene rings is 3. The van der Waals surface area contributed by atoms with Gasteiger partial charge in [-0.1, -0.05) is 24.3 Å². The number of nitrogens with zero attached hydrogens (tertiary/aromatic N) is 1. The van der Waals surface area contributed by atoms with Crippen LogP contribution in [0.4, 0.5) is 10.5 Å². The van der Waals surface area contributed by atoms with E-state index in [1.54, 1.807) is 4.72 Å². The number of hydrogen-bond donors (Lipinski definition) is 2. The second-order valence-corrected chi connectivity index (χ2v) is 10.8. The molecule has 41 heavy (non-hydrogen) atoms. The Morgan fingerprint density at radius 3 is 2.68 bits per heavy atom. The van der Waals surface area contributed by atoms with Gasteiger partial charge in [-0.25, -0.2) is 17.9 Å². The van der Waals surface area contributed by atoms with E-state index in [1.807, 2.05) is 0 Å². The molecule has 1 aliphatic carbocycles. The van der Waals surface area contributed by atoms with Crippen LogP contribution in [-0.2, 0) is 28.2 Å². The zero-order valence-electron chi connectivity index (χ0n) is 34.4. The number of carbonyl (C=O) groups excluding carboxylic acids is 2. The normalized spacial score (nSPS) is 21.8. The highest BCUT2D eigenvalue weighted by molar-refractivity contribution is 7.90. The first-order chi connectivity index (χ1) is 24.7. The fourth-order valence-corrected chi connectivity index (χ4v) is 5.50. The zero-order valence-corrected chi connectivity index (χ0v) is 22.2. The van der Waals surface area contributed by atoms with Crippen LogP contribution in [0.3, 0.4) is 0 Å². The first-order valence-electron chi connectivity index (χ1n) is 18.8. The zero-order chi connectivity index (χ0) is 40.2. The highest BCUT2D eigenvalue weighted by Crippen LogP contribution is 2.30. The van der Waals surface area contributed by atoms with Gasteiger partial charge >= 0.3 is 6.09 Å². The first kappa shape index (κ1) is 16.2. The molecular weight excluding hydrogens is 542 g/mol. The van der Waals surface area contributed by atoms with Crippen LogP contribution in [0.5, 0.6) is 5.75 Å². The topological polar surface area (TPSA) is 116 Å². The van der Waals surface area contributed by atoms with Crippen molar-refractivity contribution in [3.63, 3.8) is 0 Å². The van der Waals surface area contributed by atoms with Gasteiger partial charge in [0.25, 0.3) is 15.9 Å².